The summed E-state index contributed by atoms with van der Waals surface area (Å²) >= 11 is 0. The first-order valence-electron chi connectivity index (χ1n) is 5.30. The van der Waals surface area contributed by atoms with E-state index in [4.69, 9.17) is 5.11 Å². The average molecular weight is 191 g/mol. The number of rotatable bonds is 3. The molecule has 1 aliphatic rings. The second-order valence-corrected chi connectivity index (χ2v) is 4.11. The van der Waals surface area contributed by atoms with E-state index in [1.807, 2.05) is 12.1 Å². The molecular formula is C12H17NO. The molecule has 1 fully saturated rings. The lowest BCUT2D eigenvalue weighted by Gasteiger charge is -2.30. The number of phenolic OH excluding ortho intramolecular Hbond substituents is 1. The highest BCUT2D eigenvalue weighted by Gasteiger charge is 2.19. The van der Waals surface area contributed by atoms with E-state index in [2.05, 4.69) is 12.2 Å². The van der Waals surface area contributed by atoms with Crippen molar-refractivity contribution in [2.45, 2.75) is 38.3 Å². The molecule has 2 nitrogen and oxygen atoms in total. The molecule has 0 saturated heterocycles. The highest BCUT2D eigenvalue weighted by atomic mass is 16.3. The van der Waals surface area contributed by atoms with E-state index < -0.39 is 0 Å². The summed E-state index contributed by atoms with van der Waals surface area (Å²) < 4.78 is 0. The highest BCUT2D eigenvalue weighted by molar-refractivity contribution is 5.27. The molecule has 1 aromatic carbocycles. The van der Waals surface area contributed by atoms with Crippen LogP contribution in [0, 0.1) is 0 Å². The Morgan fingerprint density at radius 1 is 1.29 bits per heavy atom. The van der Waals surface area contributed by atoms with Gasteiger partial charge in [0.2, 0.25) is 0 Å². The second kappa shape index (κ2) is 4.01. The van der Waals surface area contributed by atoms with Gasteiger partial charge in [0.15, 0.2) is 0 Å². The first-order valence-corrected chi connectivity index (χ1v) is 5.30. The van der Waals surface area contributed by atoms with Crippen LogP contribution in [0.15, 0.2) is 24.3 Å². The van der Waals surface area contributed by atoms with E-state index in [0.29, 0.717) is 17.8 Å². The van der Waals surface area contributed by atoms with Gasteiger partial charge >= 0.3 is 0 Å². The van der Waals surface area contributed by atoms with Crippen LogP contribution in [0.5, 0.6) is 5.75 Å². The summed E-state index contributed by atoms with van der Waals surface area (Å²) in [6.07, 6.45) is 3.98. The largest absolute Gasteiger partial charge is 0.508 e. The molecule has 0 aliphatic heterocycles. The second-order valence-electron chi connectivity index (χ2n) is 4.11. The Kier molecular flexibility index (Phi) is 2.73. The Morgan fingerprint density at radius 2 is 1.93 bits per heavy atom. The van der Waals surface area contributed by atoms with Crippen molar-refractivity contribution < 1.29 is 5.11 Å². The van der Waals surface area contributed by atoms with Crippen molar-refractivity contribution in [1.82, 2.24) is 5.32 Å². The lowest BCUT2D eigenvalue weighted by molar-refractivity contribution is 0.313. The molecule has 2 heteroatoms. The van der Waals surface area contributed by atoms with Crippen LogP contribution in [-0.4, -0.2) is 11.1 Å². The Balaban J connectivity index is 1.95. The van der Waals surface area contributed by atoms with Crippen molar-refractivity contribution in [3.05, 3.63) is 29.8 Å². The fourth-order valence-corrected chi connectivity index (χ4v) is 1.79. The minimum absolute atomic E-state index is 0.338. The topological polar surface area (TPSA) is 32.3 Å². The Hall–Kier alpha value is -1.02. The predicted molar refractivity (Wildman–Crippen MR) is 57.3 cm³/mol. The normalized spacial score (nSPS) is 18.9. The lowest BCUT2D eigenvalue weighted by atomic mass is 9.92. The molecule has 1 saturated carbocycles. The number of phenols is 1. The Bertz CT molecular complexity index is 290. The SMILES string of the molecule is CC(NC1CCC1)c1ccc(O)cc1. The van der Waals surface area contributed by atoms with Crippen molar-refractivity contribution in [3.8, 4) is 5.75 Å². The molecule has 0 aromatic heterocycles. The maximum atomic E-state index is 9.16. The van der Waals surface area contributed by atoms with Crippen LogP contribution in [0.3, 0.4) is 0 Å². The van der Waals surface area contributed by atoms with Crippen molar-refractivity contribution in [3.63, 3.8) is 0 Å². The van der Waals surface area contributed by atoms with Crippen LogP contribution in [0.2, 0.25) is 0 Å². The number of aromatic hydroxyl groups is 1. The first-order chi connectivity index (χ1) is 6.75. The van der Waals surface area contributed by atoms with Gasteiger partial charge in [0.05, 0.1) is 0 Å². The molecule has 0 spiro atoms. The molecule has 0 radical (unpaired) electrons. The average Bonchev–Trinajstić information content (AvgIpc) is 2.12. The van der Waals surface area contributed by atoms with Crippen LogP contribution in [0.4, 0.5) is 0 Å². The number of nitrogens with one attached hydrogen (secondary N) is 1. The monoisotopic (exact) mass is 191 g/mol. The molecule has 1 unspecified atom stereocenters. The minimum atomic E-state index is 0.338. The molecule has 0 heterocycles. The number of hydrogen-bond donors (Lipinski definition) is 2. The summed E-state index contributed by atoms with van der Waals surface area (Å²) in [5.41, 5.74) is 1.25. The van der Waals surface area contributed by atoms with Crippen LogP contribution >= 0.6 is 0 Å². The van der Waals surface area contributed by atoms with Crippen molar-refractivity contribution >= 4 is 0 Å². The van der Waals surface area contributed by atoms with Gasteiger partial charge in [-0.25, -0.2) is 0 Å². The maximum absolute atomic E-state index is 9.16. The van der Waals surface area contributed by atoms with E-state index in [-0.39, 0.29) is 0 Å². The van der Waals surface area contributed by atoms with Crippen LogP contribution in [0.25, 0.3) is 0 Å². The zero-order valence-electron chi connectivity index (χ0n) is 8.53. The van der Waals surface area contributed by atoms with Crippen molar-refractivity contribution in [2.24, 2.45) is 0 Å². The van der Waals surface area contributed by atoms with E-state index >= 15 is 0 Å². The number of hydrogen-bond acceptors (Lipinski definition) is 2. The van der Waals surface area contributed by atoms with Gasteiger partial charge in [-0.1, -0.05) is 18.6 Å². The zero-order valence-corrected chi connectivity index (χ0v) is 8.53. The van der Waals surface area contributed by atoms with Crippen LogP contribution in [-0.2, 0) is 0 Å². The molecule has 0 bridgehead atoms. The maximum Gasteiger partial charge on any atom is 0.115 e. The van der Waals surface area contributed by atoms with Crippen molar-refractivity contribution in [1.29, 1.82) is 0 Å². The Morgan fingerprint density at radius 3 is 2.43 bits per heavy atom. The molecule has 1 aromatic rings. The van der Waals surface area contributed by atoms with Gasteiger partial charge in [-0.05, 0) is 37.5 Å². The van der Waals surface area contributed by atoms with Gasteiger partial charge in [0.1, 0.15) is 5.75 Å². The van der Waals surface area contributed by atoms with Crippen LogP contribution < -0.4 is 5.32 Å². The van der Waals surface area contributed by atoms with E-state index in [1.54, 1.807) is 12.1 Å². The van der Waals surface area contributed by atoms with Gasteiger partial charge in [0.25, 0.3) is 0 Å². The van der Waals surface area contributed by atoms with Gasteiger partial charge in [-0.3, -0.25) is 0 Å². The summed E-state index contributed by atoms with van der Waals surface area (Å²) in [5, 5.41) is 12.7. The first kappa shape index (κ1) is 9.53. The van der Waals surface area contributed by atoms with Gasteiger partial charge < -0.3 is 10.4 Å². The quantitative estimate of drug-likeness (QED) is 0.769. The van der Waals surface area contributed by atoms with Gasteiger partial charge in [0, 0.05) is 12.1 Å². The summed E-state index contributed by atoms with van der Waals surface area (Å²) in [6, 6.07) is 8.54. The minimum Gasteiger partial charge on any atom is -0.508 e. The van der Waals surface area contributed by atoms with E-state index in [9.17, 15) is 0 Å². The van der Waals surface area contributed by atoms with Gasteiger partial charge in [-0.2, -0.15) is 0 Å². The lowest BCUT2D eigenvalue weighted by Crippen LogP contribution is -2.36. The molecule has 1 atom stereocenters. The van der Waals surface area contributed by atoms with E-state index in [0.717, 1.165) is 0 Å². The highest BCUT2D eigenvalue weighted by Crippen LogP contribution is 2.23. The number of benzene rings is 1. The molecule has 2 N–H and O–H groups in total. The summed E-state index contributed by atoms with van der Waals surface area (Å²) in [6.45, 7) is 2.17. The molecule has 2 rings (SSSR count). The molecular weight excluding hydrogens is 174 g/mol. The molecule has 0 amide bonds. The van der Waals surface area contributed by atoms with E-state index in [1.165, 1.54) is 24.8 Å². The van der Waals surface area contributed by atoms with Gasteiger partial charge in [-0.15, -0.1) is 0 Å². The smallest absolute Gasteiger partial charge is 0.115 e. The molecule has 14 heavy (non-hydrogen) atoms. The third-order valence-corrected chi connectivity index (χ3v) is 2.98. The fraction of sp³-hybridized carbons (Fsp3) is 0.500. The standard InChI is InChI=1S/C12H17NO/c1-9(13-11-3-2-4-11)10-5-7-12(14)8-6-10/h5-9,11,13-14H,2-4H2,1H3. The fourth-order valence-electron chi connectivity index (χ4n) is 1.79. The van der Waals surface area contributed by atoms with Crippen molar-refractivity contribution in [2.75, 3.05) is 0 Å². The summed E-state index contributed by atoms with van der Waals surface area (Å²) in [7, 11) is 0. The third kappa shape index (κ3) is 2.07. The van der Waals surface area contributed by atoms with Crippen LogP contribution in [0.1, 0.15) is 37.8 Å². The third-order valence-electron chi connectivity index (χ3n) is 2.98. The molecule has 76 valence electrons. The predicted octanol–water partition coefficient (Wildman–Crippen LogP) is 2.60. The Labute approximate surface area is 85.0 Å². The summed E-state index contributed by atoms with van der Waals surface area (Å²) in [4.78, 5) is 0. The zero-order chi connectivity index (χ0) is 9.97. The molecule has 1 aliphatic carbocycles. The summed E-state index contributed by atoms with van der Waals surface area (Å²) in [5.74, 6) is 0.338.